The zero-order valence-corrected chi connectivity index (χ0v) is 18.0. The zero-order valence-electron chi connectivity index (χ0n) is 18.0. The summed E-state index contributed by atoms with van der Waals surface area (Å²) in [5.41, 5.74) is 1.66. The summed E-state index contributed by atoms with van der Waals surface area (Å²) >= 11 is 0. The van der Waals surface area contributed by atoms with Gasteiger partial charge < -0.3 is 15.2 Å². The second-order valence-electron chi connectivity index (χ2n) is 8.63. The fourth-order valence-electron chi connectivity index (χ4n) is 4.72. The Hall–Kier alpha value is -2.81. The van der Waals surface area contributed by atoms with Gasteiger partial charge in [-0.1, -0.05) is 13.0 Å². The maximum absolute atomic E-state index is 14.3. The van der Waals surface area contributed by atoms with Crippen LogP contribution in [0.1, 0.15) is 63.9 Å². The molecule has 0 saturated carbocycles. The van der Waals surface area contributed by atoms with Crippen molar-refractivity contribution >= 4 is 11.9 Å². The molecule has 0 aliphatic carbocycles. The van der Waals surface area contributed by atoms with Gasteiger partial charge in [-0.2, -0.15) is 5.10 Å². The maximum atomic E-state index is 14.3. The van der Waals surface area contributed by atoms with Crippen molar-refractivity contribution in [2.75, 3.05) is 19.8 Å². The van der Waals surface area contributed by atoms with Crippen LogP contribution in [0.5, 0.6) is 0 Å². The number of amides is 1. The number of carboxylic acids is 1. The lowest BCUT2D eigenvalue weighted by Crippen LogP contribution is -2.40. The number of hydrogen-bond donors (Lipinski definition) is 2. The number of aryl methyl sites for hydroxylation is 3. The van der Waals surface area contributed by atoms with Gasteiger partial charge in [-0.05, 0) is 55.6 Å². The normalized spacial score (nSPS) is 17.7. The molecule has 2 aliphatic heterocycles. The van der Waals surface area contributed by atoms with Crippen LogP contribution in [0.25, 0.3) is 0 Å². The maximum Gasteiger partial charge on any atom is 0.338 e. The van der Waals surface area contributed by atoms with Crippen molar-refractivity contribution in [2.24, 2.45) is 5.41 Å². The van der Waals surface area contributed by atoms with Gasteiger partial charge in [0.25, 0.3) is 5.91 Å². The van der Waals surface area contributed by atoms with Gasteiger partial charge in [0.1, 0.15) is 0 Å². The first-order valence-electron chi connectivity index (χ1n) is 11.0. The highest BCUT2D eigenvalue weighted by Crippen LogP contribution is 2.37. The largest absolute Gasteiger partial charge is 0.478 e. The van der Waals surface area contributed by atoms with Crippen LogP contribution in [0.4, 0.5) is 8.78 Å². The summed E-state index contributed by atoms with van der Waals surface area (Å²) in [5, 5.41) is 16.7. The van der Waals surface area contributed by atoms with Crippen LogP contribution < -0.4 is 5.32 Å². The molecule has 0 unspecified atom stereocenters. The van der Waals surface area contributed by atoms with E-state index in [1.165, 1.54) is 6.07 Å². The molecule has 0 radical (unpaired) electrons. The molecule has 9 heteroatoms. The molecule has 1 aromatic heterocycles. The molecule has 172 valence electrons. The molecule has 1 amide bonds. The van der Waals surface area contributed by atoms with Gasteiger partial charge in [0, 0.05) is 26.3 Å². The second kappa shape index (κ2) is 8.97. The number of nitrogens with zero attached hydrogens (tertiary/aromatic N) is 2. The van der Waals surface area contributed by atoms with Crippen LogP contribution in [-0.2, 0) is 30.5 Å². The minimum absolute atomic E-state index is 0.0656. The predicted molar refractivity (Wildman–Crippen MR) is 112 cm³/mol. The third-order valence-corrected chi connectivity index (χ3v) is 6.62. The lowest BCUT2D eigenvalue weighted by atomic mass is 9.76. The molecule has 1 saturated heterocycles. The van der Waals surface area contributed by atoms with Crippen molar-refractivity contribution in [3.63, 3.8) is 0 Å². The van der Waals surface area contributed by atoms with E-state index in [2.05, 4.69) is 10.4 Å². The van der Waals surface area contributed by atoms with Crippen molar-refractivity contribution in [3.05, 3.63) is 51.8 Å². The molecule has 2 N–H and O–H groups in total. The third kappa shape index (κ3) is 4.13. The highest BCUT2D eigenvalue weighted by Gasteiger charge is 2.39. The van der Waals surface area contributed by atoms with Gasteiger partial charge in [0.2, 0.25) is 0 Å². The van der Waals surface area contributed by atoms with Crippen LogP contribution in [0.3, 0.4) is 0 Å². The summed E-state index contributed by atoms with van der Waals surface area (Å²) in [6.07, 6.45) is 3.75. The second-order valence-corrected chi connectivity index (χ2v) is 8.63. The Bertz CT molecular complexity index is 1040. The van der Waals surface area contributed by atoms with E-state index in [-0.39, 0.29) is 23.3 Å². The minimum Gasteiger partial charge on any atom is -0.478 e. The van der Waals surface area contributed by atoms with Gasteiger partial charge in [0.15, 0.2) is 11.6 Å². The van der Waals surface area contributed by atoms with E-state index in [4.69, 9.17) is 9.84 Å². The first-order chi connectivity index (χ1) is 15.3. The van der Waals surface area contributed by atoms with Crippen LogP contribution in [0, 0.1) is 17.0 Å². The Morgan fingerprint density at radius 2 is 2.03 bits per heavy atom. The Kier molecular flexibility index (Phi) is 6.28. The van der Waals surface area contributed by atoms with Crippen LogP contribution >= 0.6 is 0 Å². The van der Waals surface area contributed by atoms with Gasteiger partial charge >= 0.3 is 5.97 Å². The summed E-state index contributed by atoms with van der Waals surface area (Å²) < 4.78 is 35.7. The minimum atomic E-state index is -1.50. The molecule has 0 bridgehead atoms. The Balaban J connectivity index is 1.56. The average Bonchev–Trinajstić information content (AvgIpc) is 3.05. The van der Waals surface area contributed by atoms with E-state index in [1.807, 2.05) is 11.6 Å². The Morgan fingerprint density at radius 1 is 1.28 bits per heavy atom. The molecule has 4 rings (SSSR count). The summed E-state index contributed by atoms with van der Waals surface area (Å²) in [7, 11) is 0. The highest BCUT2D eigenvalue weighted by atomic mass is 19.2. The van der Waals surface area contributed by atoms with Crippen molar-refractivity contribution in [3.8, 4) is 0 Å². The standard InChI is InChI=1S/C23H27F2N3O4/c1-2-16-18-17(12-23(13-26-21(18)29)7-10-32-11-8-23)28(27-16)9-3-4-14-5-6-15(22(30)31)20(25)19(14)24/h5-6H,2-4,7-13H2,1H3,(H,26,29)(H,30,31). The molecular weight excluding hydrogens is 420 g/mol. The zero-order chi connectivity index (χ0) is 22.9. The number of ether oxygens (including phenoxy) is 1. The topological polar surface area (TPSA) is 93.5 Å². The number of fused-ring (bicyclic) bond motifs is 1. The molecule has 32 heavy (non-hydrogen) atoms. The van der Waals surface area contributed by atoms with Crippen molar-refractivity contribution in [1.29, 1.82) is 0 Å². The molecular formula is C23H27F2N3O4. The number of rotatable bonds is 6. The van der Waals surface area contributed by atoms with Gasteiger partial charge in [-0.15, -0.1) is 0 Å². The van der Waals surface area contributed by atoms with E-state index in [9.17, 15) is 18.4 Å². The van der Waals surface area contributed by atoms with Crippen molar-refractivity contribution in [2.45, 2.75) is 52.0 Å². The number of carboxylic acid groups (broad SMARTS) is 1. The molecule has 1 spiro atoms. The number of aromatic carboxylic acids is 1. The SMILES string of the molecule is CCc1nn(CCCc2ccc(C(=O)O)c(F)c2F)c2c1C(=O)NCC1(CCOCC1)C2. The Morgan fingerprint density at radius 3 is 2.72 bits per heavy atom. The number of carbonyl (C=O) groups is 2. The smallest absolute Gasteiger partial charge is 0.338 e. The molecule has 2 aromatic rings. The summed E-state index contributed by atoms with van der Waals surface area (Å²) in [5.74, 6) is -4.07. The monoisotopic (exact) mass is 447 g/mol. The van der Waals surface area contributed by atoms with Crippen molar-refractivity contribution in [1.82, 2.24) is 15.1 Å². The molecule has 0 atom stereocenters. The summed E-state index contributed by atoms with van der Waals surface area (Å²) in [4.78, 5) is 23.8. The van der Waals surface area contributed by atoms with E-state index in [0.717, 1.165) is 30.3 Å². The van der Waals surface area contributed by atoms with Crippen molar-refractivity contribution < 1.29 is 28.2 Å². The van der Waals surface area contributed by atoms with Crippen LogP contribution in [0.2, 0.25) is 0 Å². The van der Waals surface area contributed by atoms with Gasteiger partial charge in [-0.25, -0.2) is 13.6 Å². The number of benzene rings is 1. The number of nitrogens with one attached hydrogen (secondary N) is 1. The number of aromatic nitrogens is 2. The first-order valence-corrected chi connectivity index (χ1v) is 11.0. The third-order valence-electron chi connectivity index (χ3n) is 6.62. The highest BCUT2D eigenvalue weighted by molar-refractivity contribution is 5.97. The lowest BCUT2D eigenvalue weighted by molar-refractivity contribution is 0.0152. The van der Waals surface area contributed by atoms with Crippen LogP contribution in [0.15, 0.2) is 12.1 Å². The number of halogens is 2. The van der Waals surface area contributed by atoms with E-state index in [1.54, 1.807) is 0 Å². The first kappa shape index (κ1) is 22.4. The molecule has 3 heterocycles. The molecule has 1 fully saturated rings. The fourth-order valence-corrected chi connectivity index (χ4v) is 4.72. The fraction of sp³-hybridized carbons (Fsp3) is 0.522. The van der Waals surface area contributed by atoms with E-state index in [0.29, 0.717) is 51.1 Å². The lowest BCUT2D eigenvalue weighted by Gasteiger charge is -2.36. The Labute approximate surface area is 184 Å². The van der Waals surface area contributed by atoms with E-state index < -0.39 is 23.2 Å². The molecule has 7 nitrogen and oxygen atoms in total. The summed E-state index contributed by atoms with van der Waals surface area (Å²) in [6, 6.07) is 2.40. The van der Waals surface area contributed by atoms with Gasteiger partial charge in [-0.3, -0.25) is 9.48 Å². The quantitative estimate of drug-likeness (QED) is 0.710. The van der Waals surface area contributed by atoms with E-state index >= 15 is 0 Å². The summed E-state index contributed by atoms with van der Waals surface area (Å²) in [6.45, 7) is 4.34. The number of hydrogen-bond acceptors (Lipinski definition) is 4. The average molecular weight is 447 g/mol. The number of carbonyl (C=O) groups excluding carboxylic acids is 1. The predicted octanol–water partition coefficient (Wildman–Crippen LogP) is 3.14. The molecule has 2 aliphatic rings. The van der Waals surface area contributed by atoms with Crippen LogP contribution in [-0.4, -0.2) is 46.5 Å². The van der Waals surface area contributed by atoms with Gasteiger partial charge in [0.05, 0.1) is 22.5 Å². The molecule has 1 aromatic carbocycles.